The number of phenolic OH excluding ortho intramolecular Hbond substituents is 1. The van der Waals surface area contributed by atoms with Crippen LogP contribution in [0.15, 0.2) is 46.4 Å². The fourth-order valence-corrected chi connectivity index (χ4v) is 3.40. The highest BCUT2D eigenvalue weighted by Crippen LogP contribution is 2.34. The number of hydrogen-bond acceptors (Lipinski definition) is 5. The number of hydrogen-bond donors (Lipinski definition) is 2. The standard InChI is InChI=1S/C18H12BrClN2O4S/c1-26-15-8-14(23)9(7-13(15)19)6-12-16(24)21-18(27)22(17(12)25)11-4-2-10(20)3-5-11/h2-8,23H,1H3,(H,21,24,27)/b12-6+. The monoisotopic (exact) mass is 466 g/mol. The maximum Gasteiger partial charge on any atom is 0.270 e. The van der Waals surface area contributed by atoms with E-state index < -0.39 is 11.8 Å². The maximum atomic E-state index is 12.9. The van der Waals surface area contributed by atoms with E-state index in [-0.39, 0.29) is 22.0 Å². The molecule has 0 bridgehead atoms. The minimum atomic E-state index is -0.651. The average molecular weight is 468 g/mol. The number of carbonyl (C=O) groups excluding carboxylic acids is 2. The van der Waals surface area contributed by atoms with Gasteiger partial charge < -0.3 is 9.84 Å². The van der Waals surface area contributed by atoms with E-state index in [1.165, 1.54) is 24.2 Å². The number of thiocarbonyl (C=S) groups is 1. The van der Waals surface area contributed by atoms with E-state index >= 15 is 0 Å². The second kappa shape index (κ2) is 7.67. The maximum absolute atomic E-state index is 12.9. The van der Waals surface area contributed by atoms with Crippen molar-refractivity contribution in [2.24, 2.45) is 0 Å². The molecular weight excluding hydrogens is 456 g/mol. The Morgan fingerprint density at radius 3 is 2.56 bits per heavy atom. The second-order valence-corrected chi connectivity index (χ2v) is 7.16. The Kier molecular flexibility index (Phi) is 5.50. The van der Waals surface area contributed by atoms with Crippen LogP contribution in [0.2, 0.25) is 5.02 Å². The number of ether oxygens (including phenoxy) is 1. The molecule has 0 atom stereocenters. The number of nitrogens with zero attached hydrogens (tertiary/aromatic N) is 1. The van der Waals surface area contributed by atoms with Gasteiger partial charge >= 0.3 is 0 Å². The molecule has 9 heteroatoms. The summed E-state index contributed by atoms with van der Waals surface area (Å²) < 4.78 is 5.66. The van der Waals surface area contributed by atoms with Crippen molar-refractivity contribution in [3.63, 3.8) is 0 Å². The van der Waals surface area contributed by atoms with Gasteiger partial charge in [-0.25, -0.2) is 0 Å². The molecule has 0 saturated carbocycles. The van der Waals surface area contributed by atoms with E-state index in [9.17, 15) is 14.7 Å². The minimum absolute atomic E-state index is 0.0374. The number of halogens is 2. The lowest BCUT2D eigenvalue weighted by Crippen LogP contribution is -2.54. The van der Waals surface area contributed by atoms with Gasteiger partial charge in [-0.1, -0.05) is 11.6 Å². The molecule has 0 aromatic heterocycles. The van der Waals surface area contributed by atoms with Crippen LogP contribution in [0.5, 0.6) is 11.5 Å². The van der Waals surface area contributed by atoms with Crippen LogP contribution in [0.1, 0.15) is 5.56 Å². The number of aromatic hydroxyl groups is 1. The second-order valence-electron chi connectivity index (χ2n) is 5.48. The zero-order valence-corrected chi connectivity index (χ0v) is 17.0. The minimum Gasteiger partial charge on any atom is -0.507 e. The van der Waals surface area contributed by atoms with Crippen LogP contribution >= 0.6 is 39.7 Å². The third kappa shape index (κ3) is 3.83. The molecule has 0 radical (unpaired) electrons. The van der Waals surface area contributed by atoms with Gasteiger partial charge in [0.05, 0.1) is 17.3 Å². The van der Waals surface area contributed by atoms with Crippen molar-refractivity contribution in [1.29, 1.82) is 0 Å². The third-order valence-electron chi connectivity index (χ3n) is 3.79. The van der Waals surface area contributed by atoms with Crippen LogP contribution in [0.25, 0.3) is 6.08 Å². The Labute approximate surface area is 173 Å². The summed E-state index contributed by atoms with van der Waals surface area (Å²) in [4.78, 5) is 26.4. The van der Waals surface area contributed by atoms with Crippen molar-refractivity contribution in [3.8, 4) is 11.5 Å². The number of anilines is 1. The van der Waals surface area contributed by atoms with Gasteiger partial charge in [0.15, 0.2) is 5.11 Å². The van der Waals surface area contributed by atoms with E-state index in [1.807, 2.05) is 0 Å². The van der Waals surface area contributed by atoms with Gasteiger partial charge in [-0.05, 0) is 64.6 Å². The quantitative estimate of drug-likeness (QED) is 0.409. The number of phenols is 1. The Morgan fingerprint density at radius 2 is 1.93 bits per heavy atom. The molecule has 1 heterocycles. The molecule has 27 heavy (non-hydrogen) atoms. The number of benzene rings is 2. The molecule has 1 saturated heterocycles. The molecule has 6 nitrogen and oxygen atoms in total. The molecule has 138 valence electrons. The van der Waals surface area contributed by atoms with E-state index in [4.69, 9.17) is 28.6 Å². The van der Waals surface area contributed by atoms with Crippen LogP contribution < -0.4 is 15.0 Å². The van der Waals surface area contributed by atoms with E-state index in [0.29, 0.717) is 20.9 Å². The molecule has 0 aliphatic carbocycles. The van der Waals surface area contributed by atoms with Crippen LogP contribution in [0.3, 0.4) is 0 Å². The van der Waals surface area contributed by atoms with Crippen molar-refractivity contribution in [1.82, 2.24) is 5.32 Å². The SMILES string of the molecule is COc1cc(O)c(/C=C2\C(=O)NC(=S)N(c3ccc(Cl)cc3)C2=O)cc1Br. The number of nitrogens with one attached hydrogen (secondary N) is 1. The number of methoxy groups -OCH3 is 1. The molecule has 3 rings (SSSR count). The van der Waals surface area contributed by atoms with Crippen molar-refractivity contribution < 1.29 is 19.4 Å². The topological polar surface area (TPSA) is 78.9 Å². The van der Waals surface area contributed by atoms with Crippen LogP contribution in [0.4, 0.5) is 5.69 Å². The summed E-state index contributed by atoms with van der Waals surface area (Å²) in [6.07, 6.45) is 1.29. The molecule has 2 N–H and O–H groups in total. The summed E-state index contributed by atoms with van der Waals surface area (Å²) in [6.45, 7) is 0. The van der Waals surface area contributed by atoms with Gasteiger partial charge in [0.1, 0.15) is 17.1 Å². The average Bonchev–Trinajstić information content (AvgIpc) is 2.62. The van der Waals surface area contributed by atoms with Crippen LogP contribution in [0, 0.1) is 0 Å². The van der Waals surface area contributed by atoms with Crippen LogP contribution in [-0.4, -0.2) is 29.1 Å². The van der Waals surface area contributed by atoms with E-state index in [2.05, 4.69) is 21.2 Å². The first-order valence-electron chi connectivity index (χ1n) is 7.55. The highest BCUT2D eigenvalue weighted by molar-refractivity contribution is 9.10. The molecule has 2 aromatic rings. The number of carbonyl (C=O) groups is 2. The Morgan fingerprint density at radius 1 is 1.26 bits per heavy atom. The van der Waals surface area contributed by atoms with Gasteiger partial charge in [0, 0.05) is 16.7 Å². The molecule has 1 aliphatic rings. The van der Waals surface area contributed by atoms with Crippen molar-refractivity contribution >= 4 is 68.4 Å². The zero-order chi connectivity index (χ0) is 19.7. The zero-order valence-electron chi connectivity index (χ0n) is 13.8. The molecular formula is C18H12BrClN2O4S. The summed E-state index contributed by atoms with van der Waals surface area (Å²) in [7, 11) is 1.46. The summed E-state index contributed by atoms with van der Waals surface area (Å²) in [5.41, 5.74) is 0.552. The lowest BCUT2D eigenvalue weighted by atomic mass is 10.1. The Balaban J connectivity index is 2.04. The van der Waals surface area contributed by atoms with Crippen molar-refractivity contribution in [2.75, 3.05) is 12.0 Å². The largest absolute Gasteiger partial charge is 0.507 e. The molecule has 2 amide bonds. The molecule has 1 aliphatic heterocycles. The first-order valence-corrected chi connectivity index (χ1v) is 9.13. The Bertz CT molecular complexity index is 992. The van der Waals surface area contributed by atoms with Crippen LogP contribution in [-0.2, 0) is 9.59 Å². The lowest BCUT2D eigenvalue weighted by molar-refractivity contribution is -0.122. The van der Waals surface area contributed by atoms with Gasteiger partial charge in [-0.2, -0.15) is 0 Å². The van der Waals surface area contributed by atoms with Gasteiger partial charge in [-0.3, -0.25) is 19.8 Å². The molecule has 0 unspecified atom stereocenters. The smallest absolute Gasteiger partial charge is 0.270 e. The fourth-order valence-electron chi connectivity index (χ4n) is 2.47. The van der Waals surface area contributed by atoms with Gasteiger partial charge in [0.2, 0.25) is 0 Å². The summed E-state index contributed by atoms with van der Waals surface area (Å²) in [6, 6.07) is 9.37. The van der Waals surface area contributed by atoms with E-state index in [1.54, 1.807) is 30.3 Å². The predicted octanol–water partition coefficient (Wildman–Crippen LogP) is 3.65. The van der Waals surface area contributed by atoms with Gasteiger partial charge in [-0.15, -0.1) is 0 Å². The summed E-state index contributed by atoms with van der Waals surface area (Å²) >= 11 is 14.3. The number of amides is 2. The summed E-state index contributed by atoms with van der Waals surface area (Å²) in [5.74, 6) is -0.994. The number of rotatable bonds is 3. The predicted molar refractivity (Wildman–Crippen MR) is 110 cm³/mol. The Hall–Kier alpha value is -2.42. The molecule has 0 spiro atoms. The van der Waals surface area contributed by atoms with Crippen molar-refractivity contribution in [3.05, 3.63) is 57.0 Å². The third-order valence-corrected chi connectivity index (χ3v) is 4.94. The highest BCUT2D eigenvalue weighted by Gasteiger charge is 2.34. The van der Waals surface area contributed by atoms with E-state index in [0.717, 1.165) is 0 Å². The molecule has 2 aromatic carbocycles. The fraction of sp³-hybridized carbons (Fsp3) is 0.0556. The normalized spacial score (nSPS) is 15.9. The first kappa shape index (κ1) is 19.3. The molecule has 1 fully saturated rings. The highest BCUT2D eigenvalue weighted by atomic mass is 79.9. The van der Waals surface area contributed by atoms with Gasteiger partial charge in [0.25, 0.3) is 11.8 Å². The van der Waals surface area contributed by atoms with Crippen molar-refractivity contribution in [2.45, 2.75) is 0 Å². The lowest BCUT2D eigenvalue weighted by Gasteiger charge is -2.29. The first-order chi connectivity index (χ1) is 12.8. The summed E-state index contributed by atoms with van der Waals surface area (Å²) in [5, 5.41) is 13.1.